The molecule has 12 heteroatoms. The maximum atomic E-state index is 12.4. The highest BCUT2D eigenvalue weighted by atomic mass is 16.7. The second-order valence-corrected chi connectivity index (χ2v) is 11.0. The number of esters is 1. The second kappa shape index (κ2) is 12.7. The van der Waals surface area contributed by atoms with Crippen molar-refractivity contribution in [1.29, 1.82) is 0 Å². The Morgan fingerprint density at radius 2 is 1.86 bits per heavy atom. The summed E-state index contributed by atoms with van der Waals surface area (Å²) < 4.78 is 16.5. The fourth-order valence-corrected chi connectivity index (χ4v) is 5.06. The van der Waals surface area contributed by atoms with Crippen LogP contribution in [0.4, 0.5) is 0 Å². The number of aliphatic hydroxyl groups excluding tert-OH is 4. The Balaban J connectivity index is 2.05. The molecular formula is C25H40O12. The fraction of sp³-hybridized carbons (Fsp3) is 0.800. The van der Waals surface area contributed by atoms with Crippen molar-refractivity contribution in [2.75, 3.05) is 13.2 Å². The Hall–Kier alpha value is -1.93. The van der Waals surface area contributed by atoms with Crippen molar-refractivity contribution in [3.05, 3.63) is 11.6 Å². The third-order valence-corrected chi connectivity index (χ3v) is 6.92. The molecule has 0 aromatic carbocycles. The minimum absolute atomic E-state index is 0.0352. The Bertz CT molecular complexity index is 851. The van der Waals surface area contributed by atoms with Crippen LogP contribution >= 0.6 is 0 Å². The van der Waals surface area contributed by atoms with E-state index in [0.29, 0.717) is 24.8 Å². The first kappa shape index (κ1) is 31.3. The van der Waals surface area contributed by atoms with Crippen LogP contribution in [0.25, 0.3) is 0 Å². The highest BCUT2D eigenvalue weighted by molar-refractivity contribution is 5.92. The van der Waals surface area contributed by atoms with Gasteiger partial charge in [0.1, 0.15) is 18.3 Å². The van der Waals surface area contributed by atoms with Gasteiger partial charge >= 0.3 is 11.9 Å². The summed E-state index contributed by atoms with van der Waals surface area (Å²) in [5, 5.41) is 59.5. The van der Waals surface area contributed by atoms with Gasteiger partial charge in [-0.3, -0.25) is 14.4 Å². The summed E-state index contributed by atoms with van der Waals surface area (Å²) in [6.07, 6.45) is -6.51. The van der Waals surface area contributed by atoms with Gasteiger partial charge in [-0.2, -0.15) is 0 Å². The van der Waals surface area contributed by atoms with Gasteiger partial charge in [0.05, 0.1) is 37.8 Å². The van der Waals surface area contributed by atoms with Crippen molar-refractivity contribution in [3.8, 4) is 0 Å². The summed E-state index contributed by atoms with van der Waals surface area (Å²) in [7, 11) is 0. The molecule has 0 aromatic heterocycles. The monoisotopic (exact) mass is 532 g/mol. The molecule has 1 heterocycles. The van der Waals surface area contributed by atoms with E-state index in [1.165, 1.54) is 6.08 Å². The Morgan fingerprint density at radius 3 is 2.43 bits per heavy atom. The van der Waals surface area contributed by atoms with Crippen LogP contribution in [0.5, 0.6) is 0 Å². The van der Waals surface area contributed by atoms with Gasteiger partial charge in [-0.15, -0.1) is 0 Å². The molecule has 1 aliphatic heterocycles. The van der Waals surface area contributed by atoms with Crippen LogP contribution in [0.2, 0.25) is 0 Å². The summed E-state index contributed by atoms with van der Waals surface area (Å²) >= 11 is 0. The molecule has 1 aliphatic carbocycles. The Kier molecular flexibility index (Phi) is 10.8. The summed E-state index contributed by atoms with van der Waals surface area (Å²) in [6, 6.07) is 0. The van der Waals surface area contributed by atoms with Crippen molar-refractivity contribution in [1.82, 2.24) is 0 Å². The minimum atomic E-state index is -1.91. The van der Waals surface area contributed by atoms with Gasteiger partial charge in [-0.05, 0) is 49.7 Å². The molecule has 0 aromatic rings. The van der Waals surface area contributed by atoms with Gasteiger partial charge in [0, 0.05) is 6.42 Å². The van der Waals surface area contributed by atoms with E-state index >= 15 is 0 Å². The average molecular weight is 533 g/mol. The number of carbonyl (C=O) groups is 3. The molecule has 8 atom stereocenters. The summed E-state index contributed by atoms with van der Waals surface area (Å²) in [5.74, 6) is -2.49. The number of allylic oxidation sites excluding steroid dienone is 1. The van der Waals surface area contributed by atoms with E-state index < -0.39 is 73.8 Å². The number of hydrogen-bond acceptors (Lipinski definition) is 11. The summed E-state index contributed by atoms with van der Waals surface area (Å²) in [5.41, 5.74) is -1.63. The van der Waals surface area contributed by atoms with Gasteiger partial charge < -0.3 is 44.8 Å². The smallest absolute Gasteiger partial charge is 0.309 e. The van der Waals surface area contributed by atoms with Crippen molar-refractivity contribution >= 4 is 17.7 Å². The van der Waals surface area contributed by atoms with Gasteiger partial charge in [0.2, 0.25) is 0 Å². The molecule has 37 heavy (non-hydrogen) atoms. The first-order valence-corrected chi connectivity index (χ1v) is 12.4. The number of hydrogen-bond donors (Lipinski definition) is 6. The normalized spacial score (nSPS) is 32.2. The second-order valence-electron chi connectivity index (χ2n) is 11.0. The van der Waals surface area contributed by atoms with E-state index in [1.807, 2.05) is 13.8 Å². The van der Waals surface area contributed by atoms with Crippen molar-refractivity contribution in [2.45, 2.75) is 102 Å². The lowest BCUT2D eigenvalue weighted by molar-refractivity contribution is -0.312. The fourth-order valence-electron chi connectivity index (χ4n) is 5.06. The topological polar surface area (TPSA) is 200 Å². The zero-order valence-corrected chi connectivity index (χ0v) is 21.7. The molecular weight excluding hydrogens is 492 g/mol. The highest BCUT2D eigenvalue weighted by Crippen LogP contribution is 2.42. The molecule has 2 rings (SSSR count). The number of carboxylic acid groups (broad SMARTS) is 1. The SMILES string of the molecule is CC(CCC1C(CO)=CC(=O)CC1(C)C)OC1OC(CO)C(O)C(OC(=O)CC(C)(O)CC(=O)O)C1O. The van der Waals surface area contributed by atoms with E-state index in [4.69, 9.17) is 19.3 Å². The first-order valence-electron chi connectivity index (χ1n) is 12.4. The molecule has 1 fully saturated rings. The van der Waals surface area contributed by atoms with E-state index in [-0.39, 0.29) is 23.7 Å². The molecule has 1 saturated heterocycles. The quantitative estimate of drug-likeness (QED) is 0.179. The van der Waals surface area contributed by atoms with Gasteiger partial charge in [-0.1, -0.05) is 13.8 Å². The number of rotatable bonds is 12. The number of ether oxygens (including phenoxy) is 3. The first-order chi connectivity index (χ1) is 17.1. The van der Waals surface area contributed by atoms with Gasteiger partial charge in [-0.25, -0.2) is 0 Å². The number of carbonyl (C=O) groups excluding carboxylic acids is 2. The highest BCUT2D eigenvalue weighted by Gasteiger charge is 2.48. The third kappa shape index (κ3) is 8.54. The molecule has 8 unspecified atom stereocenters. The van der Waals surface area contributed by atoms with E-state index in [2.05, 4.69) is 0 Å². The Morgan fingerprint density at radius 1 is 1.22 bits per heavy atom. The predicted octanol–water partition coefficient (Wildman–Crippen LogP) is -0.328. The minimum Gasteiger partial charge on any atom is -0.481 e. The molecule has 0 bridgehead atoms. The van der Waals surface area contributed by atoms with Gasteiger partial charge in [0.25, 0.3) is 0 Å². The molecule has 0 amide bonds. The Labute approximate surface area is 215 Å². The number of aliphatic carboxylic acids is 1. The zero-order chi connectivity index (χ0) is 28.1. The lowest BCUT2D eigenvalue weighted by atomic mass is 9.66. The van der Waals surface area contributed by atoms with Crippen LogP contribution in [0, 0.1) is 11.3 Å². The summed E-state index contributed by atoms with van der Waals surface area (Å²) in [4.78, 5) is 35.2. The largest absolute Gasteiger partial charge is 0.481 e. The molecule has 6 N–H and O–H groups in total. The molecule has 212 valence electrons. The zero-order valence-electron chi connectivity index (χ0n) is 21.7. The summed E-state index contributed by atoms with van der Waals surface area (Å²) in [6.45, 7) is 5.88. The van der Waals surface area contributed by atoms with E-state index in [9.17, 15) is 39.9 Å². The standard InChI is InChI=1S/C25H40O12/c1-13(5-6-16-14(11-26)7-15(28)8-24(16,2)3)35-23-21(33)22(20(32)17(12-27)36-23)37-19(31)10-25(4,34)9-18(29)30/h7,13,16-17,20-23,26-27,32-34H,5-6,8-12H2,1-4H3,(H,29,30). The van der Waals surface area contributed by atoms with Crippen LogP contribution in [-0.4, -0.2) is 104 Å². The predicted molar refractivity (Wildman–Crippen MR) is 127 cm³/mol. The van der Waals surface area contributed by atoms with Crippen molar-refractivity contribution in [2.24, 2.45) is 11.3 Å². The number of ketones is 1. The van der Waals surface area contributed by atoms with Crippen molar-refractivity contribution in [3.63, 3.8) is 0 Å². The number of carboxylic acids is 1. The number of aliphatic hydroxyl groups is 5. The molecule has 0 saturated carbocycles. The van der Waals surface area contributed by atoms with Gasteiger partial charge in [0.15, 0.2) is 18.2 Å². The van der Waals surface area contributed by atoms with E-state index in [0.717, 1.165) is 6.92 Å². The van der Waals surface area contributed by atoms with Crippen LogP contribution in [0.15, 0.2) is 11.6 Å². The molecule has 0 radical (unpaired) electrons. The third-order valence-electron chi connectivity index (χ3n) is 6.92. The van der Waals surface area contributed by atoms with Crippen LogP contribution in [-0.2, 0) is 28.6 Å². The molecule has 2 aliphatic rings. The maximum absolute atomic E-state index is 12.4. The average Bonchev–Trinajstić information content (AvgIpc) is 2.75. The van der Waals surface area contributed by atoms with Crippen LogP contribution < -0.4 is 0 Å². The maximum Gasteiger partial charge on any atom is 0.309 e. The van der Waals surface area contributed by atoms with Crippen LogP contribution in [0.1, 0.15) is 59.8 Å². The molecule has 0 spiro atoms. The molecule has 12 nitrogen and oxygen atoms in total. The lowest BCUT2D eigenvalue weighted by Gasteiger charge is -2.42. The lowest BCUT2D eigenvalue weighted by Crippen LogP contribution is -2.61. The van der Waals surface area contributed by atoms with E-state index in [1.54, 1.807) is 6.92 Å². The van der Waals surface area contributed by atoms with Crippen LogP contribution in [0.3, 0.4) is 0 Å². The van der Waals surface area contributed by atoms with Crippen molar-refractivity contribution < 1.29 is 59.2 Å².